The Bertz CT molecular complexity index is 987. The van der Waals surface area contributed by atoms with Gasteiger partial charge in [-0.25, -0.2) is 10.2 Å². The second-order valence-corrected chi connectivity index (χ2v) is 5.84. The Morgan fingerprint density at radius 2 is 1.81 bits per heavy atom. The molecule has 6 heteroatoms. The predicted molar refractivity (Wildman–Crippen MR) is 102 cm³/mol. The number of hydrazone groups is 1. The molecule has 2 aromatic carbocycles. The molecule has 0 aliphatic heterocycles. The number of methoxy groups -OCH3 is 1. The van der Waals surface area contributed by atoms with Crippen LogP contribution in [0, 0.1) is 6.92 Å². The lowest BCUT2D eigenvalue weighted by Crippen LogP contribution is -2.17. The number of amides is 1. The summed E-state index contributed by atoms with van der Waals surface area (Å²) in [5.74, 6) is 0.331. The smallest absolute Gasteiger partial charge is 0.337 e. The number of furan rings is 1. The summed E-state index contributed by atoms with van der Waals surface area (Å²) in [6.07, 6.45) is 1.42. The Labute approximate surface area is 156 Å². The molecule has 0 atom stereocenters. The van der Waals surface area contributed by atoms with Crippen LogP contribution in [0.4, 0.5) is 0 Å². The summed E-state index contributed by atoms with van der Waals surface area (Å²) in [4.78, 5) is 23.6. The van der Waals surface area contributed by atoms with E-state index < -0.39 is 5.97 Å². The molecule has 0 saturated carbocycles. The third-order valence-corrected chi connectivity index (χ3v) is 3.87. The average molecular weight is 362 g/mol. The number of rotatable bonds is 5. The molecule has 1 N–H and O–H groups in total. The molecule has 0 aliphatic carbocycles. The quantitative estimate of drug-likeness (QED) is 0.425. The molecule has 136 valence electrons. The highest BCUT2D eigenvalue weighted by Gasteiger charge is 2.09. The van der Waals surface area contributed by atoms with Crippen molar-refractivity contribution < 1.29 is 18.7 Å². The number of nitrogens with one attached hydrogen (secondary N) is 1. The summed E-state index contributed by atoms with van der Waals surface area (Å²) in [7, 11) is 1.33. The molecule has 6 nitrogen and oxygen atoms in total. The molecule has 0 fully saturated rings. The van der Waals surface area contributed by atoms with E-state index in [0.717, 1.165) is 11.1 Å². The van der Waals surface area contributed by atoms with Crippen LogP contribution in [0.15, 0.2) is 70.2 Å². The van der Waals surface area contributed by atoms with Gasteiger partial charge >= 0.3 is 5.97 Å². The lowest BCUT2D eigenvalue weighted by molar-refractivity contribution is 0.0600. The molecule has 0 saturated heterocycles. The summed E-state index contributed by atoms with van der Waals surface area (Å²) in [5.41, 5.74) is 5.23. The van der Waals surface area contributed by atoms with E-state index in [1.807, 2.05) is 25.1 Å². The van der Waals surface area contributed by atoms with Gasteiger partial charge in [-0.2, -0.15) is 5.10 Å². The highest BCUT2D eigenvalue weighted by atomic mass is 16.5. The third kappa shape index (κ3) is 4.49. The lowest BCUT2D eigenvalue weighted by Gasteiger charge is -2.01. The maximum Gasteiger partial charge on any atom is 0.337 e. The summed E-state index contributed by atoms with van der Waals surface area (Å²) in [6, 6.07) is 17.6. The Morgan fingerprint density at radius 1 is 1.04 bits per heavy atom. The fraction of sp³-hybridized carbons (Fsp3) is 0.0952. The number of benzene rings is 2. The first-order valence-corrected chi connectivity index (χ1v) is 8.25. The van der Waals surface area contributed by atoms with E-state index in [-0.39, 0.29) is 5.91 Å². The molecule has 1 aromatic heterocycles. The zero-order valence-electron chi connectivity index (χ0n) is 14.9. The van der Waals surface area contributed by atoms with E-state index in [0.29, 0.717) is 22.6 Å². The van der Waals surface area contributed by atoms with Crippen LogP contribution in [0.2, 0.25) is 0 Å². The van der Waals surface area contributed by atoms with Gasteiger partial charge in [0.25, 0.3) is 5.91 Å². The van der Waals surface area contributed by atoms with E-state index in [1.54, 1.807) is 42.5 Å². The van der Waals surface area contributed by atoms with Gasteiger partial charge in [0.2, 0.25) is 0 Å². The summed E-state index contributed by atoms with van der Waals surface area (Å²) >= 11 is 0. The van der Waals surface area contributed by atoms with Crippen LogP contribution >= 0.6 is 0 Å². The minimum Gasteiger partial charge on any atom is -0.465 e. The van der Waals surface area contributed by atoms with Crippen LogP contribution < -0.4 is 5.43 Å². The monoisotopic (exact) mass is 362 g/mol. The fourth-order valence-corrected chi connectivity index (χ4v) is 2.42. The molecule has 1 amide bonds. The maximum atomic E-state index is 12.0. The van der Waals surface area contributed by atoms with Gasteiger partial charge < -0.3 is 9.15 Å². The van der Waals surface area contributed by atoms with Crippen molar-refractivity contribution in [3.8, 4) is 11.3 Å². The first kappa shape index (κ1) is 18.1. The zero-order valence-corrected chi connectivity index (χ0v) is 14.9. The topological polar surface area (TPSA) is 80.9 Å². The van der Waals surface area contributed by atoms with Gasteiger partial charge in [-0.1, -0.05) is 29.8 Å². The molecule has 3 rings (SSSR count). The Balaban J connectivity index is 1.67. The van der Waals surface area contributed by atoms with Crippen LogP contribution in [-0.2, 0) is 4.74 Å². The van der Waals surface area contributed by atoms with Gasteiger partial charge in [-0.3, -0.25) is 4.79 Å². The number of carbonyl (C=O) groups is 2. The number of hydrogen-bond donors (Lipinski definition) is 1. The van der Waals surface area contributed by atoms with E-state index in [9.17, 15) is 9.59 Å². The molecule has 27 heavy (non-hydrogen) atoms. The number of esters is 1. The van der Waals surface area contributed by atoms with Crippen molar-refractivity contribution in [3.05, 3.63) is 83.1 Å². The van der Waals surface area contributed by atoms with Gasteiger partial charge in [0.05, 0.1) is 18.9 Å². The van der Waals surface area contributed by atoms with Gasteiger partial charge in [0.1, 0.15) is 11.5 Å². The fourth-order valence-electron chi connectivity index (χ4n) is 2.42. The standard InChI is InChI=1S/C21H18N2O4/c1-14-6-8-15(9-7-14)20(24)23-22-13-18-10-11-19(27-18)16-4-3-5-17(12-16)21(25)26-2/h3-13H,1-2H3,(H,23,24)/b22-13-. The molecule has 1 heterocycles. The molecule has 0 unspecified atom stereocenters. The Morgan fingerprint density at radius 3 is 2.56 bits per heavy atom. The van der Waals surface area contributed by atoms with Crippen molar-refractivity contribution in [1.82, 2.24) is 5.43 Å². The molecule has 3 aromatic rings. The summed E-state index contributed by atoms with van der Waals surface area (Å²) < 4.78 is 10.4. The molecule has 0 bridgehead atoms. The number of ether oxygens (including phenoxy) is 1. The average Bonchev–Trinajstić information content (AvgIpc) is 3.17. The SMILES string of the molecule is COC(=O)c1cccc(-c2ccc(/C=N\NC(=O)c3ccc(C)cc3)o2)c1. The lowest BCUT2D eigenvalue weighted by atomic mass is 10.1. The highest BCUT2D eigenvalue weighted by molar-refractivity contribution is 5.94. The van der Waals surface area contributed by atoms with Crippen LogP contribution in [0.25, 0.3) is 11.3 Å². The van der Waals surface area contributed by atoms with E-state index >= 15 is 0 Å². The zero-order chi connectivity index (χ0) is 19.2. The van der Waals surface area contributed by atoms with Crippen molar-refractivity contribution in [3.63, 3.8) is 0 Å². The number of nitrogens with zero attached hydrogens (tertiary/aromatic N) is 1. The summed E-state index contributed by atoms with van der Waals surface area (Å²) in [6.45, 7) is 1.95. The maximum absolute atomic E-state index is 12.0. The van der Waals surface area contributed by atoms with Crippen molar-refractivity contribution in [2.24, 2.45) is 5.10 Å². The Kier molecular flexibility index (Phi) is 5.47. The minimum atomic E-state index is -0.413. The number of hydrogen-bond acceptors (Lipinski definition) is 5. The summed E-state index contributed by atoms with van der Waals surface area (Å²) in [5, 5.41) is 3.91. The molecule has 0 spiro atoms. The third-order valence-electron chi connectivity index (χ3n) is 3.87. The largest absolute Gasteiger partial charge is 0.465 e. The molecular formula is C21H18N2O4. The number of aryl methyl sites for hydroxylation is 1. The van der Waals surface area contributed by atoms with Crippen LogP contribution in [-0.4, -0.2) is 25.2 Å². The van der Waals surface area contributed by atoms with Crippen molar-refractivity contribution in [1.29, 1.82) is 0 Å². The van der Waals surface area contributed by atoms with Gasteiger partial charge in [-0.15, -0.1) is 0 Å². The number of carbonyl (C=O) groups excluding carboxylic acids is 2. The van der Waals surface area contributed by atoms with Gasteiger partial charge in [0, 0.05) is 11.1 Å². The van der Waals surface area contributed by atoms with Gasteiger partial charge in [-0.05, 0) is 43.3 Å². The molecule has 0 radical (unpaired) electrons. The van der Waals surface area contributed by atoms with Crippen LogP contribution in [0.1, 0.15) is 32.0 Å². The predicted octanol–water partition coefficient (Wildman–Crippen LogP) is 3.81. The molecular weight excluding hydrogens is 344 g/mol. The van der Waals surface area contributed by atoms with Gasteiger partial charge in [0.15, 0.2) is 0 Å². The van der Waals surface area contributed by atoms with Crippen molar-refractivity contribution >= 4 is 18.1 Å². The second kappa shape index (κ2) is 8.14. The first-order valence-electron chi connectivity index (χ1n) is 8.25. The van der Waals surface area contributed by atoms with Crippen molar-refractivity contribution in [2.75, 3.05) is 7.11 Å². The molecule has 0 aliphatic rings. The normalized spacial score (nSPS) is 10.7. The van der Waals surface area contributed by atoms with Crippen molar-refractivity contribution in [2.45, 2.75) is 6.92 Å². The van der Waals surface area contributed by atoms with E-state index in [1.165, 1.54) is 13.3 Å². The second-order valence-electron chi connectivity index (χ2n) is 5.84. The van der Waals surface area contributed by atoms with Crippen LogP contribution in [0.5, 0.6) is 0 Å². The first-order chi connectivity index (χ1) is 13.1. The van der Waals surface area contributed by atoms with E-state index in [4.69, 9.17) is 9.15 Å². The minimum absolute atomic E-state index is 0.302. The highest BCUT2D eigenvalue weighted by Crippen LogP contribution is 2.22. The van der Waals surface area contributed by atoms with E-state index in [2.05, 4.69) is 10.5 Å². The Hall–Kier alpha value is -3.67. The van der Waals surface area contributed by atoms with Crippen LogP contribution in [0.3, 0.4) is 0 Å².